The van der Waals surface area contributed by atoms with Crippen molar-refractivity contribution in [1.82, 2.24) is 4.90 Å². The lowest BCUT2D eigenvalue weighted by Gasteiger charge is -2.27. The highest BCUT2D eigenvalue weighted by Crippen LogP contribution is 2.31. The van der Waals surface area contributed by atoms with E-state index in [0.717, 1.165) is 53.5 Å². The Hall–Kier alpha value is -2.76. The van der Waals surface area contributed by atoms with Crippen molar-refractivity contribution < 1.29 is 19.1 Å². The number of ether oxygens (including phenoxy) is 1. The lowest BCUT2D eigenvalue weighted by Crippen LogP contribution is -2.35. The molecule has 1 aromatic heterocycles. The molecule has 0 aliphatic carbocycles. The Labute approximate surface area is 180 Å². The zero-order valence-electron chi connectivity index (χ0n) is 16.8. The van der Waals surface area contributed by atoms with E-state index in [9.17, 15) is 4.79 Å². The molecule has 0 radical (unpaired) electrons. The summed E-state index contributed by atoms with van der Waals surface area (Å²) in [5.41, 5.74) is 3.19. The van der Waals surface area contributed by atoms with Crippen LogP contribution in [0.5, 0.6) is 5.75 Å². The SMILES string of the molecule is CC(CN1CCc2oc(-c3ccc(OCc4ccc(Cl)cc4)cc3)cc2C1)C(=O)O. The molecule has 1 atom stereocenters. The lowest BCUT2D eigenvalue weighted by molar-refractivity contribution is -0.141. The third-order valence-corrected chi connectivity index (χ3v) is 5.61. The van der Waals surface area contributed by atoms with E-state index < -0.39 is 5.97 Å². The Morgan fingerprint density at radius 3 is 2.63 bits per heavy atom. The Bertz CT molecular complexity index is 1010. The molecule has 30 heavy (non-hydrogen) atoms. The van der Waals surface area contributed by atoms with Crippen LogP contribution in [0.4, 0.5) is 0 Å². The van der Waals surface area contributed by atoms with Gasteiger partial charge in [-0.05, 0) is 48.0 Å². The van der Waals surface area contributed by atoms with Crippen LogP contribution in [0.1, 0.15) is 23.8 Å². The van der Waals surface area contributed by atoms with Crippen LogP contribution in [0.25, 0.3) is 11.3 Å². The number of carboxylic acid groups (broad SMARTS) is 1. The van der Waals surface area contributed by atoms with Crippen LogP contribution in [0.15, 0.2) is 59.0 Å². The normalized spacial score (nSPS) is 14.9. The maximum absolute atomic E-state index is 11.1. The molecular weight excluding hydrogens is 402 g/mol. The van der Waals surface area contributed by atoms with Gasteiger partial charge >= 0.3 is 5.97 Å². The van der Waals surface area contributed by atoms with Crippen LogP contribution in [-0.4, -0.2) is 29.1 Å². The van der Waals surface area contributed by atoms with Gasteiger partial charge in [0.25, 0.3) is 0 Å². The van der Waals surface area contributed by atoms with E-state index >= 15 is 0 Å². The number of fused-ring (bicyclic) bond motifs is 1. The second-order valence-corrected chi connectivity index (χ2v) is 8.16. The summed E-state index contributed by atoms with van der Waals surface area (Å²) >= 11 is 5.91. The van der Waals surface area contributed by atoms with Crippen molar-refractivity contribution in [3.8, 4) is 17.1 Å². The molecule has 4 rings (SSSR count). The predicted molar refractivity (Wildman–Crippen MR) is 116 cm³/mol. The summed E-state index contributed by atoms with van der Waals surface area (Å²) in [4.78, 5) is 13.3. The third kappa shape index (κ3) is 4.86. The number of aliphatic carboxylic acids is 1. The molecule has 0 bridgehead atoms. The number of nitrogens with zero attached hydrogens (tertiary/aromatic N) is 1. The van der Waals surface area contributed by atoms with Crippen molar-refractivity contribution in [2.24, 2.45) is 5.92 Å². The molecule has 6 heteroatoms. The van der Waals surface area contributed by atoms with Crippen LogP contribution in [0, 0.1) is 5.92 Å². The molecule has 156 valence electrons. The standard InChI is InChI=1S/C24H24ClNO4/c1-16(24(27)28)13-26-11-10-22-19(14-26)12-23(30-22)18-4-8-21(9-5-18)29-15-17-2-6-20(25)7-3-17/h2-9,12,16H,10-11,13-15H2,1H3,(H,27,28). The molecule has 3 aromatic rings. The average molecular weight is 426 g/mol. The second-order valence-electron chi connectivity index (χ2n) is 7.72. The molecule has 5 nitrogen and oxygen atoms in total. The van der Waals surface area contributed by atoms with Crippen molar-refractivity contribution in [1.29, 1.82) is 0 Å². The van der Waals surface area contributed by atoms with Crippen LogP contribution < -0.4 is 4.74 Å². The number of hydrogen-bond donors (Lipinski definition) is 1. The lowest BCUT2D eigenvalue weighted by atomic mass is 10.1. The Kier molecular flexibility index (Phi) is 6.11. The first-order chi connectivity index (χ1) is 14.5. The largest absolute Gasteiger partial charge is 0.489 e. The van der Waals surface area contributed by atoms with E-state index in [1.807, 2.05) is 48.5 Å². The fourth-order valence-electron chi connectivity index (χ4n) is 3.62. The summed E-state index contributed by atoms with van der Waals surface area (Å²) < 4.78 is 11.9. The topological polar surface area (TPSA) is 62.9 Å². The van der Waals surface area contributed by atoms with Crippen LogP contribution >= 0.6 is 11.6 Å². The zero-order valence-corrected chi connectivity index (χ0v) is 17.6. The van der Waals surface area contributed by atoms with Crippen molar-refractivity contribution in [2.45, 2.75) is 26.5 Å². The maximum atomic E-state index is 11.1. The summed E-state index contributed by atoms with van der Waals surface area (Å²) in [6.45, 7) is 4.31. The first kappa shape index (κ1) is 20.5. The molecule has 2 aromatic carbocycles. The van der Waals surface area contributed by atoms with Crippen LogP contribution in [0.2, 0.25) is 5.02 Å². The van der Waals surface area contributed by atoms with Gasteiger partial charge in [-0.3, -0.25) is 9.69 Å². The highest BCUT2D eigenvalue weighted by Gasteiger charge is 2.24. The van der Waals surface area contributed by atoms with Gasteiger partial charge < -0.3 is 14.3 Å². The number of carbonyl (C=O) groups is 1. The maximum Gasteiger partial charge on any atom is 0.307 e. The molecule has 1 aliphatic rings. The van der Waals surface area contributed by atoms with E-state index in [-0.39, 0.29) is 5.92 Å². The number of rotatable bonds is 7. The minimum atomic E-state index is -0.757. The molecule has 0 saturated carbocycles. The van der Waals surface area contributed by atoms with Crippen LogP contribution in [0.3, 0.4) is 0 Å². The fraction of sp³-hybridized carbons (Fsp3) is 0.292. The number of benzene rings is 2. The van der Waals surface area contributed by atoms with Gasteiger partial charge in [0.1, 0.15) is 23.9 Å². The molecule has 1 N–H and O–H groups in total. The Balaban J connectivity index is 1.39. The highest BCUT2D eigenvalue weighted by molar-refractivity contribution is 6.30. The van der Waals surface area contributed by atoms with Gasteiger partial charge in [-0.25, -0.2) is 0 Å². The predicted octanol–water partition coefficient (Wildman–Crippen LogP) is 5.26. The summed E-state index contributed by atoms with van der Waals surface area (Å²) in [6.07, 6.45) is 0.796. The highest BCUT2D eigenvalue weighted by atomic mass is 35.5. The van der Waals surface area contributed by atoms with Crippen LogP contribution in [-0.2, 0) is 24.4 Å². The second kappa shape index (κ2) is 8.94. The minimum absolute atomic E-state index is 0.377. The fourth-order valence-corrected chi connectivity index (χ4v) is 3.74. The zero-order chi connectivity index (χ0) is 21.1. The number of carboxylic acids is 1. The molecule has 2 heterocycles. The first-order valence-electron chi connectivity index (χ1n) is 10.0. The molecule has 1 aliphatic heterocycles. The molecule has 0 spiro atoms. The third-order valence-electron chi connectivity index (χ3n) is 5.36. The number of halogens is 1. The van der Waals surface area contributed by atoms with Crippen molar-refractivity contribution in [3.05, 3.63) is 76.5 Å². The van der Waals surface area contributed by atoms with E-state index in [1.54, 1.807) is 6.92 Å². The molecule has 0 fully saturated rings. The molecular formula is C24H24ClNO4. The smallest absolute Gasteiger partial charge is 0.307 e. The number of furan rings is 1. The van der Waals surface area contributed by atoms with Gasteiger partial charge in [0, 0.05) is 42.2 Å². The summed E-state index contributed by atoms with van der Waals surface area (Å²) in [5, 5.41) is 9.85. The number of hydrogen-bond acceptors (Lipinski definition) is 4. The minimum Gasteiger partial charge on any atom is -0.489 e. The van der Waals surface area contributed by atoms with Gasteiger partial charge in [-0.2, -0.15) is 0 Å². The first-order valence-corrected chi connectivity index (χ1v) is 10.4. The Morgan fingerprint density at radius 1 is 1.20 bits per heavy atom. The Morgan fingerprint density at radius 2 is 1.93 bits per heavy atom. The summed E-state index contributed by atoms with van der Waals surface area (Å²) in [5.74, 6) is 1.48. The quantitative estimate of drug-likeness (QED) is 0.559. The van der Waals surface area contributed by atoms with Gasteiger partial charge in [0.2, 0.25) is 0 Å². The van der Waals surface area contributed by atoms with E-state index in [4.69, 9.17) is 25.9 Å². The molecule has 0 amide bonds. The van der Waals surface area contributed by atoms with E-state index in [1.165, 1.54) is 0 Å². The van der Waals surface area contributed by atoms with E-state index in [0.29, 0.717) is 18.2 Å². The van der Waals surface area contributed by atoms with Crippen molar-refractivity contribution in [3.63, 3.8) is 0 Å². The van der Waals surface area contributed by atoms with Crippen molar-refractivity contribution >= 4 is 17.6 Å². The molecule has 1 unspecified atom stereocenters. The van der Waals surface area contributed by atoms with Gasteiger partial charge in [0.05, 0.1) is 5.92 Å². The van der Waals surface area contributed by atoms with Gasteiger partial charge in [-0.15, -0.1) is 0 Å². The molecule has 0 saturated heterocycles. The summed E-state index contributed by atoms with van der Waals surface area (Å²) in [6, 6.07) is 17.5. The van der Waals surface area contributed by atoms with Crippen molar-refractivity contribution in [2.75, 3.05) is 13.1 Å². The van der Waals surface area contributed by atoms with E-state index in [2.05, 4.69) is 11.0 Å². The monoisotopic (exact) mass is 425 g/mol. The summed E-state index contributed by atoms with van der Waals surface area (Å²) in [7, 11) is 0. The average Bonchev–Trinajstić information content (AvgIpc) is 3.17. The van der Waals surface area contributed by atoms with Gasteiger partial charge in [-0.1, -0.05) is 30.7 Å². The van der Waals surface area contributed by atoms with Gasteiger partial charge in [0.15, 0.2) is 0 Å².